The van der Waals surface area contributed by atoms with Crippen molar-refractivity contribution in [2.45, 2.75) is 51.4 Å². The van der Waals surface area contributed by atoms with Gasteiger partial charge in [-0.1, -0.05) is 37.9 Å². The minimum absolute atomic E-state index is 0.0993. The lowest BCUT2D eigenvalue weighted by Crippen LogP contribution is -2.25. The Morgan fingerprint density at radius 2 is 2.05 bits per heavy atom. The van der Waals surface area contributed by atoms with Crippen molar-refractivity contribution in [2.75, 3.05) is 5.73 Å². The summed E-state index contributed by atoms with van der Waals surface area (Å²) in [6, 6.07) is 5.86. The molecule has 4 heteroatoms. The molecule has 2 heterocycles. The fourth-order valence-corrected chi connectivity index (χ4v) is 3.79. The Bertz CT molecular complexity index is 598. The van der Waals surface area contributed by atoms with Crippen LogP contribution in [0.15, 0.2) is 28.9 Å². The molecule has 1 aliphatic rings. The monoisotopic (exact) mass is 285 g/mol. The second kappa shape index (κ2) is 5.51. The van der Waals surface area contributed by atoms with Gasteiger partial charge >= 0.3 is 0 Å². The van der Waals surface area contributed by atoms with Gasteiger partial charge in [-0.3, -0.25) is 4.98 Å². The Balaban J connectivity index is 2.10. The summed E-state index contributed by atoms with van der Waals surface area (Å²) in [7, 11) is 0. The van der Waals surface area contributed by atoms with Crippen LogP contribution in [0.3, 0.4) is 0 Å². The van der Waals surface area contributed by atoms with Crippen LogP contribution in [-0.4, -0.2) is 10.1 Å². The maximum atomic E-state index is 6.06. The summed E-state index contributed by atoms with van der Waals surface area (Å²) in [6.07, 6.45) is 7.74. The number of nitrogens with zero attached hydrogens (tertiary/aromatic N) is 2. The zero-order chi connectivity index (χ0) is 14.9. The van der Waals surface area contributed by atoms with Gasteiger partial charge in [-0.05, 0) is 37.3 Å². The van der Waals surface area contributed by atoms with Crippen molar-refractivity contribution < 1.29 is 4.52 Å². The fraction of sp³-hybridized carbons (Fsp3) is 0.529. The highest BCUT2D eigenvalue weighted by Crippen LogP contribution is 2.49. The highest BCUT2D eigenvalue weighted by atomic mass is 16.5. The number of hydrogen-bond donors (Lipinski definition) is 1. The summed E-state index contributed by atoms with van der Waals surface area (Å²) >= 11 is 0. The van der Waals surface area contributed by atoms with Gasteiger partial charge in [0, 0.05) is 11.6 Å². The SMILES string of the molecule is CC(C)CC1(c2noc(N)c2-c2ccccn2)CCCC1. The van der Waals surface area contributed by atoms with Crippen LogP contribution in [0.4, 0.5) is 5.88 Å². The Morgan fingerprint density at radius 1 is 1.29 bits per heavy atom. The van der Waals surface area contributed by atoms with Crippen molar-refractivity contribution >= 4 is 5.88 Å². The van der Waals surface area contributed by atoms with E-state index in [9.17, 15) is 0 Å². The van der Waals surface area contributed by atoms with Crippen LogP contribution < -0.4 is 5.73 Å². The Hall–Kier alpha value is -1.84. The third-order valence-electron chi connectivity index (χ3n) is 4.50. The molecule has 2 aromatic heterocycles. The number of nitrogen functional groups attached to an aromatic ring is 1. The smallest absolute Gasteiger partial charge is 0.231 e. The molecule has 0 amide bonds. The maximum absolute atomic E-state index is 6.06. The lowest BCUT2D eigenvalue weighted by molar-refractivity contribution is 0.315. The first kappa shape index (κ1) is 14.1. The van der Waals surface area contributed by atoms with E-state index < -0.39 is 0 Å². The third kappa shape index (κ3) is 2.55. The second-order valence-corrected chi connectivity index (χ2v) is 6.57. The van der Waals surface area contributed by atoms with Crippen LogP contribution in [0.1, 0.15) is 51.6 Å². The minimum Gasteiger partial charge on any atom is -0.367 e. The van der Waals surface area contributed by atoms with Crippen molar-refractivity contribution in [2.24, 2.45) is 5.92 Å². The standard InChI is InChI=1S/C17H23N3O/c1-12(2)11-17(8-4-5-9-17)15-14(16(18)21-20-15)13-7-3-6-10-19-13/h3,6-7,10,12H,4-5,8-9,11,18H2,1-2H3. The van der Waals surface area contributed by atoms with Crippen LogP contribution >= 0.6 is 0 Å². The van der Waals surface area contributed by atoms with Crippen LogP contribution in [0.25, 0.3) is 11.3 Å². The molecule has 0 saturated heterocycles. The number of hydrogen-bond acceptors (Lipinski definition) is 4. The van der Waals surface area contributed by atoms with Gasteiger partial charge in [0.2, 0.25) is 5.88 Å². The molecule has 3 rings (SSSR count). The zero-order valence-electron chi connectivity index (χ0n) is 12.8. The summed E-state index contributed by atoms with van der Waals surface area (Å²) in [6.45, 7) is 4.54. The van der Waals surface area contributed by atoms with Crippen LogP contribution in [0.5, 0.6) is 0 Å². The first-order valence-electron chi connectivity index (χ1n) is 7.79. The molecule has 0 unspecified atom stereocenters. The van der Waals surface area contributed by atoms with E-state index in [1.165, 1.54) is 12.8 Å². The van der Waals surface area contributed by atoms with Gasteiger partial charge in [-0.15, -0.1) is 0 Å². The minimum atomic E-state index is 0.0993. The third-order valence-corrected chi connectivity index (χ3v) is 4.50. The molecule has 0 aromatic carbocycles. The Morgan fingerprint density at radius 3 is 2.67 bits per heavy atom. The highest BCUT2D eigenvalue weighted by Gasteiger charge is 2.41. The van der Waals surface area contributed by atoms with E-state index in [0.717, 1.165) is 36.2 Å². The predicted molar refractivity (Wildman–Crippen MR) is 83.7 cm³/mol. The summed E-state index contributed by atoms with van der Waals surface area (Å²) < 4.78 is 5.36. The molecule has 21 heavy (non-hydrogen) atoms. The molecular weight excluding hydrogens is 262 g/mol. The zero-order valence-corrected chi connectivity index (χ0v) is 12.8. The van der Waals surface area contributed by atoms with E-state index in [1.54, 1.807) is 6.20 Å². The molecule has 2 aromatic rings. The molecule has 0 bridgehead atoms. The van der Waals surface area contributed by atoms with Crippen molar-refractivity contribution in [3.8, 4) is 11.3 Å². The van der Waals surface area contributed by atoms with Crippen molar-refractivity contribution in [3.63, 3.8) is 0 Å². The van der Waals surface area contributed by atoms with Crippen molar-refractivity contribution in [1.29, 1.82) is 0 Å². The highest BCUT2D eigenvalue weighted by molar-refractivity contribution is 5.73. The van der Waals surface area contributed by atoms with Gasteiger partial charge in [0.25, 0.3) is 0 Å². The topological polar surface area (TPSA) is 64.9 Å². The lowest BCUT2D eigenvalue weighted by atomic mass is 9.74. The van der Waals surface area contributed by atoms with Gasteiger partial charge in [-0.25, -0.2) is 0 Å². The van der Waals surface area contributed by atoms with Crippen molar-refractivity contribution in [3.05, 3.63) is 30.1 Å². The molecule has 0 radical (unpaired) electrons. The van der Waals surface area contributed by atoms with Crippen LogP contribution in [0.2, 0.25) is 0 Å². The normalized spacial score (nSPS) is 17.5. The van der Waals surface area contributed by atoms with Crippen molar-refractivity contribution in [1.82, 2.24) is 10.1 Å². The van der Waals surface area contributed by atoms with Crippen LogP contribution in [-0.2, 0) is 5.41 Å². The van der Waals surface area contributed by atoms with Crippen LogP contribution in [0, 0.1) is 5.92 Å². The number of rotatable bonds is 4. The van der Waals surface area contributed by atoms with Gasteiger partial charge < -0.3 is 10.3 Å². The quantitative estimate of drug-likeness (QED) is 0.915. The number of pyridine rings is 1. The largest absolute Gasteiger partial charge is 0.367 e. The molecule has 0 aliphatic heterocycles. The fourth-order valence-electron chi connectivity index (χ4n) is 3.79. The first-order valence-corrected chi connectivity index (χ1v) is 7.79. The molecule has 0 atom stereocenters. The molecule has 1 aliphatic carbocycles. The summed E-state index contributed by atoms with van der Waals surface area (Å²) in [5.74, 6) is 1.01. The molecule has 1 saturated carbocycles. The molecule has 4 nitrogen and oxygen atoms in total. The van der Waals surface area contributed by atoms with E-state index in [4.69, 9.17) is 10.3 Å². The van der Waals surface area contributed by atoms with E-state index in [-0.39, 0.29) is 5.41 Å². The van der Waals surface area contributed by atoms with Gasteiger partial charge in [0.1, 0.15) is 5.69 Å². The Kier molecular flexibility index (Phi) is 3.70. The maximum Gasteiger partial charge on any atom is 0.231 e. The lowest BCUT2D eigenvalue weighted by Gasteiger charge is -2.29. The number of anilines is 1. The number of nitrogens with two attached hydrogens (primary N) is 1. The van der Waals surface area contributed by atoms with Gasteiger partial charge in [0.15, 0.2) is 0 Å². The second-order valence-electron chi connectivity index (χ2n) is 6.57. The molecule has 2 N–H and O–H groups in total. The number of aromatic nitrogens is 2. The molecule has 112 valence electrons. The predicted octanol–water partition coefficient (Wildman–Crippen LogP) is 4.18. The van der Waals surface area contributed by atoms with E-state index >= 15 is 0 Å². The average Bonchev–Trinajstić information content (AvgIpc) is 3.07. The van der Waals surface area contributed by atoms with Gasteiger partial charge in [-0.2, -0.15) is 0 Å². The molecule has 1 fully saturated rings. The van der Waals surface area contributed by atoms with E-state index in [1.807, 2.05) is 18.2 Å². The first-order chi connectivity index (χ1) is 10.1. The Labute approximate surface area is 125 Å². The molecular formula is C17H23N3O. The summed E-state index contributed by atoms with van der Waals surface area (Å²) in [5, 5.41) is 4.36. The summed E-state index contributed by atoms with van der Waals surface area (Å²) in [5.41, 5.74) is 8.94. The average molecular weight is 285 g/mol. The van der Waals surface area contributed by atoms with E-state index in [0.29, 0.717) is 11.8 Å². The molecule has 0 spiro atoms. The van der Waals surface area contributed by atoms with Gasteiger partial charge in [0.05, 0.1) is 11.3 Å². The summed E-state index contributed by atoms with van der Waals surface area (Å²) in [4.78, 5) is 4.44. The van der Waals surface area contributed by atoms with E-state index in [2.05, 4.69) is 24.0 Å².